The van der Waals surface area contributed by atoms with Crippen LogP contribution < -0.4 is 0 Å². The van der Waals surface area contributed by atoms with Gasteiger partial charge in [0, 0.05) is 22.7 Å². The van der Waals surface area contributed by atoms with Crippen molar-refractivity contribution in [1.82, 2.24) is 4.90 Å². The molecule has 2 unspecified atom stereocenters. The number of thioether (sulfide) groups is 1. The molecule has 2 saturated heterocycles. The molecule has 1 amide bonds. The maximum Gasteiger partial charge on any atom is 0.255 e. The van der Waals surface area contributed by atoms with E-state index in [2.05, 4.69) is 11.2 Å². The Labute approximate surface area is 110 Å². The number of carbonyl (C=O) groups excluding carboxylic acids is 1. The highest BCUT2D eigenvalue weighted by atomic mass is 32.2. The molecule has 0 N–H and O–H groups in total. The van der Waals surface area contributed by atoms with E-state index in [9.17, 15) is 4.79 Å². The molecule has 2 aliphatic heterocycles. The summed E-state index contributed by atoms with van der Waals surface area (Å²) in [5, 5.41) is 4.73. The molecule has 0 saturated carbocycles. The molecule has 2 bridgehead atoms. The first-order chi connectivity index (χ1) is 8.29. The number of rotatable bonds is 2. The summed E-state index contributed by atoms with van der Waals surface area (Å²) in [5.41, 5.74) is 0.884. The fourth-order valence-corrected chi connectivity index (χ4v) is 4.65. The minimum absolute atomic E-state index is 0.262. The average Bonchev–Trinajstić information content (AvgIpc) is 2.95. The van der Waals surface area contributed by atoms with Crippen LogP contribution in [-0.2, 0) is 0 Å². The number of hydrogen-bond acceptors (Lipinski definition) is 3. The maximum atomic E-state index is 12.4. The van der Waals surface area contributed by atoms with Gasteiger partial charge in [0.05, 0.1) is 5.56 Å². The summed E-state index contributed by atoms with van der Waals surface area (Å²) in [6, 6.07) is 2.95. The van der Waals surface area contributed by atoms with Gasteiger partial charge in [-0.05, 0) is 43.4 Å². The second kappa shape index (κ2) is 4.65. The fraction of sp³-hybridized carbons (Fsp3) is 0.615. The second-order valence-electron chi connectivity index (χ2n) is 4.94. The molecule has 0 spiro atoms. The Morgan fingerprint density at radius 3 is 2.65 bits per heavy atom. The van der Waals surface area contributed by atoms with E-state index >= 15 is 0 Å². The first kappa shape index (κ1) is 11.6. The van der Waals surface area contributed by atoms with E-state index in [-0.39, 0.29) is 5.91 Å². The van der Waals surface area contributed by atoms with E-state index in [0.717, 1.165) is 10.8 Å². The molecule has 92 valence electrons. The van der Waals surface area contributed by atoms with Crippen molar-refractivity contribution in [3.63, 3.8) is 0 Å². The van der Waals surface area contributed by atoms with Crippen LogP contribution in [0.2, 0.25) is 0 Å². The average molecular weight is 267 g/mol. The Morgan fingerprint density at radius 2 is 2.12 bits per heavy atom. The van der Waals surface area contributed by atoms with E-state index in [0.29, 0.717) is 12.1 Å². The van der Waals surface area contributed by atoms with E-state index in [1.54, 1.807) is 11.3 Å². The van der Waals surface area contributed by atoms with Gasteiger partial charge in [0.1, 0.15) is 0 Å². The summed E-state index contributed by atoms with van der Waals surface area (Å²) in [6.45, 7) is 0. The van der Waals surface area contributed by atoms with Crippen molar-refractivity contribution in [2.75, 3.05) is 6.26 Å². The van der Waals surface area contributed by atoms with Crippen LogP contribution in [0.3, 0.4) is 0 Å². The summed E-state index contributed by atoms with van der Waals surface area (Å²) < 4.78 is 0. The number of nitrogens with zero attached hydrogens (tertiary/aromatic N) is 1. The predicted octanol–water partition coefficient (Wildman–Crippen LogP) is 3.25. The number of thiophene rings is 1. The van der Waals surface area contributed by atoms with Gasteiger partial charge in [-0.15, -0.1) is 0 Å². The Morgan fingerprint density at radius 1 is 1.41 bits per heavy atom. The number of carbonyl (C=O) groups is 1. The fourth-order valence-electron chi connectivity index (χ4n) is 3.19. The third-order valence-electron chi connectivity index (χ3n) is 4.03. The van der Waals surface area contributed by atoms with Gasteiger partial charge in [-0.2, -0.15) is 23.1 Å². The van der Waals surface area contributed by atoms with Crippen LogP contribution in [0, 0.1) is 0 Å². The lowest BCUT2D eigenvalue weighted by Gasteiger charge is -2.38. The van der Waals surface area contributed by atoms with Gasteiger partial charge in [0.25, 0.3) is 5.91 Å². The summed E-state index contributed by atoms with van der Waals surface area (Å²) in [4.78, 5) is 14.6. The standard InChI is InChI=1S/C13H17NOS2/c1-16-12-6-10-2-3-11(7-12)14(10)13(15)9-4-5-17-8-9/h4-5,8,10-12H,2-3,6-7H2,1H3. The second-order valence-corrected chi connectivity index (χ2v) is 6.86. The highest BCUT2D eigenvalue weighted by Crippen LogP contribution is 2.40. The van der Waals surface area contributed by atoms with Crippen LogP contribution in [-0.4, -0.2) is 34.4 Å². The summed E-state index contributed by atoms with van der Waals surface area (Å²) in [7, 11) is 0. The van der Waals surface area contributed by atoms with Gasteiger partial charge in [0.15, 0.2) is 0 Å². The quantitative estimate of drug-likeness (QED) is 0.820. The predicted molar refractivity (Wildman–Crippen MR) is 73.8 cm³/mol. The summed E-state index contributed by atoms with van der Waals surface area (Å²) in [6.07, 6.45) is 6.98. The van der Waals surface area contributed by atoms with Crippen LogP contribution >= 0.6 is 23.1 Å². The molecule has 2 nitrogen and oxygen atoms in total. The summed E-state index contributed by atoms with van der Waals surface area (Å²) >= 11 is 3.58. The van der Waals surface area contributed by atoms with Crippen molar-refractivity contribution in [1.29, 1.82) is 0 Å². The van der Waals surface area contributed by atoms with Crippen LogP contribution in [0.5, 0.6) is 0 Å². The zero-order valence-corrected chi connectivity index (χ0v) is 11.6. The lowest BCUT2D eigenvalue weighted by atomic mass is 10.0. The van der Waals surface area contributed by atoms with Crippen LogP contribution in [0.1, 0.15) is 36.0 Å². The van der Waals surface area contributed by atoms with Gasteiger partial charge in [-0.25, -0.2) is 0 Å². The van der Waals surface area contributed by atoms with Gasteiger partial charge >= 0.3 is 0 Å². The van der Waals surface area contributed by atoms with Gasteiger partial charge < -0.3 is 4.90 Å². The largest absolute Gasteiger partial charge is 0.333 e. The molecule has 1 aromatic heterocycles. The minimum atomic E-state index is 0.262. The topological polar surface area (TPSA) is 20.3 Å². The Kier molecular flexibility index (Phi) is 3.17. The van der Waals surface area contributed by atoms with E-state index < -0.39 is 0 Å². The highest BCUT2D eigenvalue weighted by Gasteiger charge is 2.43. The van der Waals surface area contributed by atoms with Crippen molar-refractivity contribution < 1.29 is 4.79 Å². The molecule has 4 heteroatoms. The smallest absolute Gasteiger partial charge is 0.255 e. The van der Waals surface area contributed by atoms with Crippen molar-refractivity contribution in [3.8, 4) is 0 Å². The molecule has 0 aromatic carbocycles. The van der Waals surface area contributed by atoms with E-state index in [4.69, 9.17) is 0 Å². The van der Waals surface area contributed by atoms with Gasteiger partial charge in [-0.3, -0.25) is 4.79 Å². The minimum Gasteiger partial charge on any atom is -0.333 e. The van der Waals surface area contributed by atoms with Crippen LogP contribution in [0.25, 0.3) is 0 Å². The lowest BCUT2D eigenvalue weighted by molar-refractivity contribution is 0.0602. The monoisotopic (exact) mass is 267 g/mol. The van der Waals surface area contributed by atoms with Crippen molar-refractivity contribution in [3.05, 3.63) is 22.4 Å². The molecule has 1 aromatic rings. The van der Waals surface area contributed by atoms with Crippen LogP contribution in [0.4, 0.5) is 0 Å². The van der Waals surface area contributed by atoms with Gasteiger partial charge in [0.2, 0.25) is 0 Å². The van der Waals surface area contributed by atoms with Crippen molar-refractivity contribution in [2.24, 2.45) is 0 Å². The Hall–Kier alpha value is -0.480. The third-order valence-corrected chi connectivity index (χ3v) is 5.76. The molecule has 2 aliphatic rings. The molecule has 0 radical (unpaired) electrons. The number of piperidine rings is 1. The third kappa shape index (κ3) is 2.02. The molecule has 0 aliphatic carbocycles. The van der Waals surface area contributed by atoms with Crippen molar-refractivity contribution >= 4 is 29.0 Å². The molecule has 3 rings (SSSR count). The van der Waals surface area contributed by atoms with Crippen molar-refractivity contribution in [2.45, 2.75) is 43.0 Å². The number of fused-ring (bicyclic) bond motifs is 2. The zero-order valence-electron chi connectivity index (χ0n) is 9.96. The number of hydrogen-bond donors (Lipinski definition) is 0. The first-order valence-electron chi connectivity index (χ1n) is 6.17. The molecule has 2 fully saturated rings. The van der Waals surface area contributed by atoms with E-state index in [1.807, 2.05) is 28.6 Å². The zero-order chi connectivity index (χ0) is 11.8. The van der Waals surface area contributed by atoms with Crippen LogP contribution in [0.15, 0.2) is 16.8 Å². The van der Waals surface area contributed by atoms with E-state index in [1.165, 1.54) is 25.7 Å². The molecule has 3 heterocycles. The first-order valence-corrected chi connectivity index (χ1v) is 8.40. The Bertz CT molecular complexity index is 390. The lowest BCUT2D eigenvalue weighted by Crippen LogP contribution is -2.47. The molecular formula is C13H17NOS2. The normalized spacial score (nSPS) is 31.8. The Balaban J connectivity index is 1.79. The summed E-state index contributed by atoms with van der Waals surface area (Å²) in [5.74, 6) is 0.262. The molecular weight excluding hydrogens is 250 g/mol. The highest BCUT2D eigenvalue weighted by molar-refractivity contribution is 7.99. The van der Waals surface area contributed by atoms with Gasteiger partial charge in [-0.1, -0.05) is 0 Å². The maximum absolute atomic E-state index is 12.4. The molecule has 17 heavy (non-hydrogen) atoms. The molecule has 2 atom stereocenters. The number of amides is 1. The SMILES string of the molecule is CSC1CC2CCC(C1)N2C(=O)c1ccsc1.